The molecule has 0 radical (unpaired) electrons. The molecule has 2 nitrogen and oxygen atoms in total. The Labute approximate surface area is 84.3 Å². The van der Waals surface area contributed by atoms with Gasteiger partial charge in [-0.15, -0.1) is 0 Å². The molecule has 0 aromatic rings. The Kier molecular flexibility index (Phi) is 2.31. The third kappa shape index (κ3) is 1.25. The van der Waals surface area contributed by atoms with Gasteiger partial charge in [0.1, 0.15) is 0 Å². The summed E-state index contributed by atoms with van der Waals surface area (Å²) < 4.78 is 0. The minimum atomic E-state index is -0.293. The van der Waals surface area contributed by atoms with Crippen molar-refractivity contribution in [2.75, 3.05) is 0 Å². The third-order valence-electron chi connectivity index (χ3n) is 3.46. The fourth-order valence-corrected chi connectivity index (χ4v) is 2.73. The van der Waals surface area contributed by atoms with Gasteiger partial charge in [0.25, 0.3) is 0 Å². The number of hydrogen-bond donors (Lipinski definition) is 1. The number of carbonyl (C=O) groups is 1. The SMILES string of the molecule is C/C=C/[C@]12CCC(=O)C=C1CC[C@@H]2O. The van der Waals surface area contributed by atoms with Crippen molar-refractivity contribution in [3.05, 3.63) is 23.8 Å². The van der Waals surface area contributed by atoms with Gasteiger partial charge in [0, 0.05) is 11.8 Å². The van der Waals surface area contributed by atoms with Crippen LogP contribution in [0.5, 0.6) is 0 Å². The second-order valence-corrected chi connectivity index (χ2v) is 4.23. The van der Waals surface area contributed by atoms with Gasteiger partial charge in [0.2, 0.25) is 0 Å². The zero-order valence-corrected chi connectivity index (χ0v) is 8.49. The van der Waals surface area contributed by atoms with Crippen molar-refractivity contribution in [2.24, 2.45) is 5.41 Å². The third-order valence-corrected chi connectivity index (χ3v) is 3.46. The molecular weight excluding hydrogens is 176 g/mol. The molecule has 2 heteroatoms. The van der Waals surface area contributed by atoms with E-state index in [9.17, 15) is 9.90 Å². The number of hydrogen-bond acceptors (Lipinski definition) is 2. The lowest BCUT2D eigenvalue weighted by Gasteiger charge is -2.33. The predicted octanol–water partition coefficient (Wildman–Crippen LogP) is 1.99. The molecule has 0 saturated heterocycles. The first kappa shape index (κ1) is 9.66. The first-order valence-electron chi connectivity index (χ1n) is 5.25. The molecule has 2 rings (SSSR count). The average molecular weight is 192 g/mol. The van der Waals surface area contributed by atoms with Crippen LogP contribution in [0.3, 0.4) is 0 Å². The van der Waals surface area contributed by atoms with Crippen LogP contribution < -0.4 is 0 Å². The van der Waals surface area contributed by atoms with Crippen molar-refractivity contribution in [3.63, 3.8) is 0 Å². The fourth-order valence-electron chi connectivity index (χ4n) is 2.73. The van der Waals surface area contributed by atoms with Crippen LogP contribution in [-0.4, -0.2) is 17.0 Å². The van der Waals surface area contributed by atoms with E-state index in [4.69, 9.17) is 0 Å². The molecule has 0 spiro atoms. The van der Waals surface area contributed by atoms with Crippen molar-refractivity contribution in [2.45, 2.75) is 38.7 Å². The summed E-state index contributed by atoms with van der Waals surface area (Å²) in [6, 6.07) is 0. The molecule has 0 unspecified atom stereocenters. The molecule has 1 fully saturated rings. The summed E-state index contributed by atoms with van der Waals surface area (Å²) in [5.74, 6) is 0.217. The highest BCUT2D eigenvalue weighted by molar-refractivity contribution is 5.92. The van der Waals surface area contributed by atoms with Crippen LogP contribution in [0.15, 0.2) is 23.8 Å². The topological polar surface area (TPSA) is 37.3 Å². The van der Waals surface area contributed by atoms with Crippen LogP contribution in [0.4, 0.5) is 0 Å². The Morgan fingerprint density at radius 2 is 2.36 bits per heavy atom. The quantitative estimate of drug-likeness (QED) is 0.645. The van der Waals surface area contributed by atoms with E-state index in [1.807, 2.05) is 13.0 Å². The second-order valence-electron chi connectivity index (χ2n) is 4.23. The standard InChI is InChI=1S/C12H16O2/c1-2-6-12-7-5-10(13)8-9(12)3-4-11(12)14/h2,6,8,11,14H,3-5,7H2,1H3/b6-2+/t11-,12-/m0/s1. The molecule has 76 valence electrons. The van der Waals surface area contributed by atoms with E-state index in [1.54, 1.807) is 6.08 Å². The lowest BCUT2D eigenvalue weighted by atomic mass is 9.72. The van der Waals surface area contributed by atoms with Gasteiger partial charge in [-0.3, -0.25) is 4.79 Å². The molecule has 2 atom stereocenters. The molecular formula is C12H16O2. The Bertz CT molecular complexity index is 314. The van der Waals surface area contributed by atoms with Gasteiger partial charge in [-0.25, -0.2) is 0 Å². The van der Waals surface area contributed by atoms with Crippen molar-refractivity contribution in [3.8, 4) is 0 Å². The van der Waals surface area contributed by atoms with E-state index < -0.39 is 0 Å². The zero-order chi connectivity index (χ0) is 10.2. The smallest absolute Gasteiger partial charge is 0.155 e. The molecule has 2 aliphatic carbocycles. The van der Waals surface area contributed by atoms with Gasteiger partial charge < -0.3 is 5.11 Å². The molecule has 0 amide bonds. The number of fused-ring (bicyclic) bond motifs is 1. The number of carbonyl (C=O) groups excluding carboxylic acids is 1. The van der Waals surface area contributed by atoms with Crippen LogP contribution in [0.1, 0.15) is 32.6 Å². The summed E-state index contributed by atoms with van der Waals surface area (Å²) in [6.07, 6.45) is 8.54. The Morgan fingerprint density at radius 1 is 1.57 bits per heavy atom. The normalized spacial score (nSPS) is 37.4. The Hall–Kier alpha value is -0.890. The van der Waals surface area contributed by atoms with Gasteiger partial charge >= 0.3 is 0 Å². The van der Waals surface area contributed by atoms with Gasteiger partial charge in [0.05, 0.1) is 6.10 Å². The van der Waals surface area contributed by atoms with E-state index in [-0.39, 0.29) is 17.3 Å². The number of rotatable bonds is 1. The van der Waals surface area contributed by atoms with Crippen molar-refractivity contribution in [1.82, 2.24) is 0 Å². The van der Waals surface area contributed by atoms with Crippen molar-refractivity contribution >= 4 is 5.78 Å². The van der Waals surface area contributed by atoms with Crippen LogP contribution in [0, 0.1) is 5.41 Å². The number of ketones is 1. The van der Waals surface area contributed by atoms with Gasteiger partial charge in [-0.2, -0.15) is 0 Å². The summed E-state index contributed by atoms with van der Waals surface area (Å²) >= 11 is 0. The van der Waals surface area contributed by atoms with Crippen LogP contribution >= 0.6 is 0 Å². The molecule has 1 saturated carbocycles. The first-order valence-corrected chi connectivity index (χ1v) is 5.25. The van der Waals surface area contributed by atoms with Gasteiger partial charge in [-0.05, 0) is 32.3 Å². The fraction of sp³-hybridized carbons (Fsp3) is 0.583. The Morgan fingerprint density at radius 3 is 3.07 bits per heavy atom. The number of aliphatic hydroxyl groups is 1. The summed E-state index contributed by atoms with van der Waals surface area (Å²) in [7, 11) is 0. The minimum Gasteiger partial charge on any atom is -0.392 e. The maximum absolute atomic E-state index is 11.3. The molecule has 0 aliphatic heterocycles. The first-order chi connectivity index (χ1) is 6.69. The van der Waals surface area contributed by atoms with E-state index in [0.717, 1.165) is 24.8 Å². The molecule has 2 aliphatic rings. The molecule has 0 aromatic heterocycles. The maximum atomic E-state index is 11.3. The van der Waals surface area contributed by atoms with Gasteiger partial charge in [-0.1, -0.05) is 17.7 Å². The second kappa shape index (κ2) is 3.35. The number of aliphatic hydroxyl groups excluding tert-OH is 1. The Balaban J connectivity index is 2.42. The van der Waals surface area contributed by atoms with Crippen LogP contribution in [0.2, 0.25) is 0 Å². The summed E-state index contributed by atoms with van der Waals surface area (Å²) in [5.41, 5.74) is 0.933. The van der Waals surface area contributed by atoms with Crippen LogP contribution in [0.25, 0.3) is 0 Å². The van der Waals surface area contributed by atoms with Crippen molar-refractivity contribution in [1.29, 1.82) is 0 Å². The molecule has 1 N–H and O–H groups in total. The maximum Gasteiger partial charge on any atom is 0.155 e. The summed E-state index contributed by atoms with van der Waals surface area (Å²) in [5, 5.41) is 9.99. The van der Waals surface area contributed by atoms with E-state index >= 15 is 0 Å². The average Bonchev–Trinajstić information content (AvgIpc) is 2.46. The van der Waals surface area contributed by atoms with Crippen LogP contribution in [-0.2, 0) is 4.79 Å². The van der Waals surface area contributed by atoms with Gasteiger partial charge in [0.15, 0.2) is 5.78 Å². The number of allylic oxidation sites excluding steroid dienone is 2. The molecule has 0 heterocycles. The lowest BCUT2D eigenvalue weighted by Crippen LogP contribution is -2.32. The highest BCUT2D eigenvalue weighted by Gasteiger charge is 2.45. The van der Waals surface area contributed by atoms with E-state index in [2.05, 4.69) is 6.08 Å². The summed E-state index contributed by atoms with van der Waals surface area (Å²) in [6.45, 7) is 1.97. The highest BCUT2D eigenvalue weighted by Crippen LogP contribution is 2.49. The zero-order valence-electron chi connectivity index (χ0n) is 8.49. The summed E-state index contributed by atoms with van der Waals surface area (Å²) in [4.78, 5) is 11.3. The largest absolute Gasteiger partial charge is 0.392 e. The molecule has 14 heavy (non-hydrogen) atoms. The predicted molar refractivity (Wildman–Crippen MR) is 54.8 cm³/mol. The molecule has 0 aromatic carbocycles. The minimum absolute atomic E-state index is 0.206. The lowest BCUT2D eigenvalue weighted by molar-refractivity contribution is -0.115. The van der Waals surface area contributed by atoms with Crippen molar-refractivity contribution < 1.29 is 9.90 Å². The highest BCUT2D eigenvalue weighted by atomic mass is 16.3. The van der Waals surface area contributed by atoms with E-state index in [0.29, 0.717) is 6.42 Å². The molecule has 0 bridgehead atoms. The van der Waals surface area contributed by atoms with E-state index in [1.165, 1.54) is 0 Å². The monoisotopic (exact) mass is 192 g/mol.